The second-order valence-corrected chi connectivity index (χ2v) is 7.06. The highest BCUT2D eigenvalue weighted by Crippen LogP contribution is 2.32. The molecule has 0 aliphatic carbocycles. The summed E-state index contributed by atoms with van der Waals surface area (Å²) >= 11 is 6.12. The van der Waals surface area contributed by atoms with Crippen molar-refractivity contribution in [2.24, 2.45) is 0 Å². The summed E-state index contributed by atoms with van der Waals surface area (Å²) in [6.07, 6.45) is 0. The van der Waals surface area contributed by atoms with E-state index in [1.54, 1.807) is 32.4 Å². The van der Waals surface area contributed by atoms with Crippen molar-refractivity contribution in [3.63, 3.8) is 0 Å². The van der Waals surface area contributed by atoms with E-state index in [-0.39, 0.29) is 11.9 Å². The first-order chi connectivity index (χ1) is 12.3. The predicted octanol–water partition coefficient (Wildman–Crippen LogP) is 5.28. The Balaban J connectivity index is 2.26. The van der Waals surface area contributed by atoms with Crippen LogP contribution in [0.1, 0.15) is 59.8 Å². The largest absolute Gasteiger partial charge is 0.496 e. The first kappa shape index (κ1) is 20.1. The molecule has 0 saturated heterocycles. The van der Waals surface area contributed by atoms with Gasteiger partial charge in [0, 0.05) is 5.56 Å². The van der Waals surface area contributed by atoms with Crippen molar-refractivity contribution < 1.29 is 14.3 Å². The molecule has 2 aromatic carbocycles. The molecule has 1 atom stereocenters. The van der Waals surface area contributed by atoms with Gasteiger partial charge < -0.3 is 14.8 Å². The van der Waals surface area contributed by atoms with Gasteiger partial charge in [0.25, 0.3) is 5.91 Å². The number of amides is 1. The second kappa shape index (κ2) is 8.45. The van der Waals surface area contributed by atoms with Crippen LogP contribution in [-0.2, 0) is 0 Å². The molecule has 0 spiro atoms. The molecule has 0 fully saturated rings. The van der Waals surface area contributed by atoms with Crippen molar-refractivity contribution in [3.8, 4) is 11.5 Å². The average Bonchev–Trinajstić information content (AvgIpc) is 2.60. The number of methoxy groups -OCH3 is 2. The third-order valence-corrected chi connectivity index (χ3v) is 4.76. The first-order valence-electron chi connectivity index (χ1n) is 8.61. The molecular formula is C21H26ClNO3. The number of aryl methyl sites for hydroxylation is 1. The zero-order chi connectivity index (χ0) is 19.4. The van der Waals surface area contributed by atoms with Gasteiger partial charge in [-0.1, -0.05) is 25.4 Å². The van der Waals surface area contributed by atoms with Crippen molar-refractivity contribution in [2.45, 2.75) is 39.7 Å². The van der Waals surface area contributed by atoms with Gasteiger partial charge in [-0.2, -0.15) is 0 Å². The fraction of sp³-hybridized carbons (Fsp3) is 0.381. The van der Waals surface area contributed by atoms with E-state index in [0.717, 1.165) is 22.4 Å². The van der Waals surface area contributed by atoms with Gasteiger partial charge in [0.05, 0.1) is 25.3 Å². The molecule has 140 valence electrons. The minimum atomic E-state index is -0.177. The summed E-state index contributed by atoms with van der Waals surface area (Å²) in [4.78, 5) is 12.6. The molecule has 4 nitrogen and oxygen atoms in total. The van der Waals surface area contributed by atoms with E-state index in [4.69, 9.17) is 21.1 Å². The molecule has 0 aliphatic rings. The molecule has 0 radical (unpaired) electrons. The molecule has 0 saturated carbocycles. The van der Waals surface area contributed by atoms with Crippen molar-refractivity contribution in [1.29, 1.82) is 0 Å². The Morgan fingerprint density at radius 2 is 1.65 bits per heavy atom. The summed E-state index contributed by atoms with van der Waals surface area (Å²) in [7, 11) is 3.22. The molecule has 2 aromatic rings. The lowest BCUT2D eigenvalue weighted by Gasteiger charge is -2.21. The van der Waals surface area contributed by atoms with Crippen LogP contribution in [0, 0.1) is 6.92 Å². The molecule has 1 amide bonds. The minimum Gasteiger partial charge on any atom is -0.496 e. The van der Waals surface area contributed by atoms with Crippen molar-refractivity contribution in [3.05, 3.63) is 57.6 Å². The molecule has 2 rings (SSSR count). The molecule has 1 N–H and O–H groups in total. The van der Waals surface area contributed by atoms with Crippen LogP contribution in [-0.4, -0.2) is 20.1 Å². The zero-order valence-corrected chi connectivity index (χ0v) is 16.9. The number of carbonyl (C=O) groups is 1. The quantitative estimate of drug-likeness (QED) is 0.747. The van der Waals surface area contributed by atoms with Crippen LogP contribution in [0.2, 0.25) is 5.02 Å². The average molecular weight is 376 g/mol. The van der Waals surface area contributed by atoms with E-state index >= 15 is 0 Å². The number of carbonyl (C=O) groups excluding carboxylic acids is 1. The Morgan fingerprint density at radius 1 is 1.00 bits per heavy atom. The number of rotatable bonds is 6. The van der Waals surface area contributed by atoms with Gasteiger partial charge in [0.15, 0.2) is 0 Å². The van der Waals surface area contributed by atoms with Gasteiger partial charge in [-0.05, 0) is 66.8 Å². The number of halogens is 1. The highest BCUT2D eigenvalue weighted by atomic mass is 35.5. The fourth-order valence-corrected chi connectivity index (χ4v) is 3.23. The molecule has 0 bridgehead atoms. The maximum Gasteiger partial charge on any atom is 0.251 e. The molecule has 0 heterocycles. The fourth-order valence-electron chi connectivity index (χ4n) is 2.98. The smallest absolute Gasteiger partial charge is 0.251 e. The number of hydrogen-bond donors (Lipinski definition) is 1. The van der Waals surface area contributed by atoms with Crippen molar-refractivity contribution in [2.75, 3.05) is 14.2 Å². The maximum atomic E-state index is 12.6. The summed E-state index contributed by atoms with van der Waals surface area (Å²) in [5.41, 5.74) is 3.77. The second-order valence-electron chi connectivity index (χ2n) is 6.65. The summed E-state index contributed by atoms with van der Waals surface area (Å²) in [5, 5.41) is 3.45. The summed E-state index contributed by atoms with van der Waals surface area (Å²) in [5.74, 6) is 1.57. The summed E-state index contributed by atoms with van der Waals surface area (Å²) < 4.78 is 10.6. The Kier molecular flexibility index (Phi) is 6.54. The highest BCUT2D eigenvalue weighted by Gasteiger charge is 2.18. The first-order valence-corrected chi connectivity index (χ1v) is 8.99. The van der Waals surface area contributed by atoms with E-state index in [2.05, 4.69) is 25.2 Å². The van der Waals surface area contributed by atoms with Gasteiger partial charge in [-0.15, -0.1) is 0 Å². The number of nitrogens with one attached hydrogen (secondary N) is 1. The molecule has 0 aromatic heterocycles. The monoisotopic (exact) mass is 375 g/mol. The van der Waals surface area contributed by atoms with E-state index < -0.39 is 0 Å². The Morgan fingerprint density at radius 3 is 2.19 bits per heavy atom. The SMILES string of the molecule is COc1ccc(C(=O)NC(C)c2cc(C(C)C)c(OC)cc2C)cc1Cl. The topological polar surface area (TPSA) is 47.6 Å². The van der Waals surface area contributed by atoms with Gasteiger partial charge in [0.2, 0.25) is 0 Å². The Bertz CT molecular complexity index is 802. The molecule has 5 heteroatoms. The van der Waals surface area contributed by atoms with E-state index in [1.165, 1.54) is 0 Å². The van der Waals surface area contributed by atoms with Crippen LogP contribution in [0.3, 0.4) is 0 Å². The molecule has 0 aliphatic heterocycles. The van der Waals surface area contributed by atoms with E-state index in [1.807, 2.05) is 19.9 Å². The third-order valence-electron chi connectivity index (χ3n) is 4.47. The number of benzene rings is 2. The molecular weight excluding hydrogens is 350 g/mol. The Hall–Kier alpha value is -2.20. The lowest BCUT2D eigenvalue weighted by Crippen LogP contribution is -2.27. The Labute approximate surface area is 160 Å². The van der Waals surface area contributed by atoms with Crippen LogP contribution in [0.5, 0.6) is 11.5 Å². The van der Waals surface area contributed by atoms with Crippen molar-refractivity contribution in [1.82, 2.24) is 5.32 Å². The van der Waals surface area contributed by atoms with Gasteiger partial charge in [0.1, 0.15) is 11.5 Å². The minimum absolute atomic E-state index is 0.146. The standard InChI is InChI=1S/C21H26ClNO3/c1-12(2)16-11-17(13(3)9-20(16)26-6)14(4)23-21(24)15-7-8-19(25-5)18(22)10-15/h7-12,14H,1-6H3,(H,23,24). The zero-order valence-electron chi connectivity index (χ0n) is 16.1. The summed E-state index contributed by atoms with van der Waals surface area (Å²) in [6, 6.07) is 9.00. The molecule has 1 unspecified atom stereocenters. The molecule has 26 heavy (non-hydrogen) atoms. The van der Waals surface area contributed by atoms with Crippen LogP contribution in [0.25, 0.3) is 0 Å². The highest BCUT2D eigenvalue weighted by molar-refractivity contribution is 6.32. The van der Waals surface area contributed by atoms with Crippen molar-refractivity contribution >= 4 is 17.5 Å². The van der Waals surface area contributed by atoms with Crippen LogP contribution in [0.4, 0.5) is 0 Å². The third kappa shape index (κ3) is 4.31. The van der Waals surface area contributed by atoms with E-state index in [9.17, 15) is 4.79 Å². The van der Waals surface area contributed by atoms with Gasteiger partial charge >= 0.3 is 0 Å². The van der Waals surface area contributed by atoms with Crippen LogP contribution < -0.4 is 14.8 Å². The van der Waals surface area contributed by atoms with Crippen LogP contribution in [0.15, 0.2) is 30.3 Å². The van der Waals surface area contributed by atoms with E-state index in [0.29, 0.717) is 22.3 Å². The van der Waals surface area contributed by atoms with Gasteiger partial charge in [-0.3, -0.25) is 4.79 Å². The number of ether oxygens (including phenoxy) is 2. The lowest BCUT2D eigenvalue weighted by molar-refractivity contribution is 0.0940. The normalized spacial score (nSPS) is 12.0. The van der Waals surface area contributed by atoms with Gasteiger partial charge in [-0.25, -0.2) is 0 Å². The predicted molar refractivity (Wildman–Crippen MR) is 106 cm³/mol. The van der Waals surface area contributed by atoms with Crippen LogP contribution >= 0.6 is 11.6 Å². The lowest BCUT2D eigenvalue weighted by atomic mass is 9.93. The number of hydrogen-bond acceptors (Lipinski definition) is 3. The summed E-state index contributed by atoms with van der Waals surface area (Å²) in [6.45, 7) is 8.25. The maximum absolute atomic E-state index is 12.6.